The zero-order chi connectivity index (χ0) is 11.3. The molecule has 4 nitrogen and oxygen atoms in total. The van der Waals surface area contributed by atoms with Crippen LogP contribution < -0.4 is 10.6 Å². The third-order valence-electron chi connectivity index (χ3n) is 2.80. The standard InChI is InChI=1S/C11H23N3O/c1-9(2)14(3)7-6-12-11(15)8-13-10-4-5-10/h9-10,13H,4-8H2,1-3H3,(H,12,15). The summed E-state index contributed by atoms with van der Waals surface area (Å²) >= 11 is 0. The minimum Gasteiger partial charge on any atom is -0.354 e. The van der Waals surface area contributed by atoms with Crippen molar-refractivity contribution in [2.45, 2.75) is 38.8 Å². The van der Waals surface area contributed by atoms with Crippen molar-refractivity contribution in [2.24, 2.45) is 0 Å². The van der Waals surface area contributed by atoms with E-state index in [0.29, 0.717) is 18.6 Å². The molecule has 1 aliphatic carbocycles. The number of amides is 1. The lowest BCUT2D eigenvalue weighted by Gasteiger charge is -2.20. The second-order valence-corrected chi connectivity index (χ2v) is 4.58. The molecule has 1 fully saturated rings. The van der Waals surface area contributed by atoms with Crippen LogP contribution in [0.4, 0.5) is 0 Å². The molecule has 0 aliphatic heterocycles. The second kappa shape index (κ2) is 6.08. The number of carbonyl (C=O) groups is 1. The van der Waals surface area contributed by atoms with Crippen LogP contribution in [-0.2, 0) is 4.79 Å². The van der Waals surface area contributed by atoms with Crippen molar-refractivity contribution in [1.82, 2.24) is 15.5 Å². The van der Waals surface area contributed by atoms with E-state index in [0.717, 1.165) is 13.1 Å². The Labute approximate surface area is 92.4 Å². The summed E-state index contributed by atoms with van der Waals surface area (Å²) in [6, 6.07) is 1.14. The molecular formula is C11H23N3O. The molecule has 1 rings (SSSR count). The van der Waals surface area contributed by atoms with Gasteiger partial charge in [-0.05, 0) is 33.7 Å². The average molecular weight is 213 g/mol. The fraction of sp³-hybridized carbons (Fsp3) is 0.909. The van der Waals surface area contributed by atoms with Gasteiger partial charge in [0.05, 0.1) is 6.54 Å². The third-order valence-corrected chi connectivity index (χ3v) is 2.80. The second-order valence-electron chi connectivity index (χ2n) is 4.58. The summed E-state index contributed by atoms with van der Waals surface area (Å²) < 4.78 is 0. The Hall–Kier alpha value is -0.610. The van der Waals surface area contributed by atoms with Gasteiger partial charge < -0.3 is 15.5 Å². The van der Waals surface area contributed by atoms with Gasteiger partial charge in [0, 0.05) is 25.2 Å². The highest BCUT2D eigenvalue weighted by molar-refractivity contribution is 5.78. The summed E-state index contributed by atoms with van der Waals surface area (Å²) in [5, 5.41) is 6.10. The average Bonchev–Trinajstić information content (AvgIpc) is 2.97. The molecule has 0 saturated heterocycles. The molecule has 0 spiro atoms. The van der Waals surface area contributed by atoms with E-state index in [1.807, 2.05) is 0 Å². The minimum atomic E-state index is 0.110. The molecular weight excluding hydrogens is 190 g/mol. The van der Waals surface area contributed by atoms with Crippen molar-refractivity contribution in [2.75, 3.05) is 26.7 Å². The van der Waals surface area contributed by atoms with E-state index in [1.165, 1.54) is 12.8 Å². The first-order valence-electron chi connectivity index (χ1n) is 5.80. The third kappa shape index (κ3) is 5.74. The Kier molecular flexibility index (Phi) is 5.05. The van der Waals surface area contributed by atoms with Crippen LogP contribution in [0.2, 0.25) is 0 Å². The Morgan fingerprint density at radius 3 is 2.67 bits per heavy atom. The predicted octanol–water partition coefficient (Wildman–Crippen LogP) is 0.195. The molecule has 0 heterocycles. The molecule has 1 amide bonds. The largest absolute Gasteiger partial charge is 0.354 e. The first kappa shape index (κ1) is 12.5. The summed E-state index contributed by atoms with van der Waals surface area (Å²) in [7, 11) is 2.07. The molecule has 0 aromatic carbocycles. The van der Waals surface area contributed by atoms with Crippen molar-refractivity contribution >= 4 is 5.91 Å². The van der Waals surface area contributed by atoms with E-state index in [4.69, 9.17) is 0 Å². The number of nitrogens with zero attached hydrogens (tertiary/aromatic N) is 1. The molecule has 0 atom stereocenters. The smallest absolute Gasteiger partial charge is 0.234 e. The fourth-order valence-electron chi connectivity index (χ4n) is 1.22. The molecule has 0 aromatic heterocycles. The minimum absolute atomic E-state index is 0.110. The van der Waals surface area contributed by atoms with E-state index in [1.54, 1.807) is 0 Å². The van der Waals surface area contributed by atoms with Crippen LogP contribution in [-0.4, -0.2) is 49.6 Å². The van der Waals surface area contributed by atoms with Crippen LogP contribution in [0.5, 0.6) is 0 Å². The molecule has 2 N–H and O–H groups in total. The van der Waals surface area contributed by atoms with E-state index in [-0.39, 0.29) is 5.91 Å². The van der Waals surface area contributed by atoms with Gasteiger partial charge in [0.2, 0.25) is 5.91 Å². The first-order chi connectivity index (χ1) is 7.09. The summed E-state index contributed by atoms with van der Waals surface area (Å²) in [4.78, 5) is 13.6. The number of hydrogen-bond donors (Lipinski definition) is 2. The number of rotatable bonds is 7. The lowest BCUT2D eigenvalue weighted by molar-refractivity contribution is -0.120. The van der Waals surface area contributed by atoms with Gasteiger partial charge >= 0.3 is 0 Å². The first-order valence-corrected chi connectivity index (χ1v) is 5.80. The Bertz CT molecular complexity index is 202. The highest BCUT2D eigenvalue weighted by Crippen LogP contribution is 2.17. The molecule has 0 aromatic rings. The van der Waals surface area contributed by atoms with Gasteiger partial charge in [-0.15, -0.1) is 0 Å². The van der Waals surface area contributed by atoms with Crippen LogP contribution >= 0.6 is 0 Å². The maximum absolute atomic E-state index is 11.3. The molecule has 1 saturated carbocycles. The molecule has 4 heteroatoms. The summed E-state index contributed by atoms with van der Waals surface area (Å²) in [5.41, 5.74) is 0. The Balaban J connectivity index is 1.95. The number of carbonyl (C=O) groups excluding carboxylic acids is 1. The zero-order valence-electron chi connectivity index (χ0n) is 10.0. The van der Waals surface area contributed by atoms with Gasteiger partial charge in [-0.1, -0.05) is 0 Å². The van der Waals surface area contributed by atoms with Gasteiger partial charge in [0.25, 0.3) is 0 Å². The zero-order valence-corrected chi connectivity index (χ0v) is 10.0. The molecule has 0 radical (unpaired) electrons. The van der Waals surface area contributed by atoms with E-state index in [2.05, 4.69) is 36.4 Å². The van der Waals surface area contributed by atoms with Crippen molar-refractivity contribution in [1.29, 1.82) is 0 Å². The van der Waals surface area contributed by atoms with Crippen LogP contribution in [0.15, 0.2) is 0 Å². The number of likely N-dealkylation sites (N-methyl/N-ethyl adjacent to an activating group) is 1. The van der Waals surface area contributed by atoms with Crippen molar-refractivity contribution < 1.29 is 4.79 Å². The van der Waals surface area contributed by atoms with Gasteiger partial charge in [0.1, 0.15) is 0 Å². The van der Waals surface area contributed by atoms with Crippen LogP contribution in [0.3, 0.4) is 0 Å². The van der Waals surface area contributed by atoms with Crippen molar-refractivity contribution in [3.63, 3.8) is 0 Å². The summed E-state index contributed by atoms with van der Waals surface area (Å²) in [6.45, 7) is 6.41. The lowest BCUT2D eigenvalue weighted by Crippen LogP contribution is -2.40. The maximum atomic E-state index is 11.3. The summed E-state index contributed by atoms with van der Waals surface area (Å²) in [6.07, 6.45) is 2.45. The van der Waals surface area contributed by atoms with Gasteiger partial charge in [-0.25, -0.2) is 0 Å². The van der Waals surface area contributed by atoms with Crippen LogP contribution in [0.1, 0.15) is 26.7 Å². The lowest BCUT2D eigenvalue weighted by atomic mass is 10.3. The molecule has 1 aliphatic rings. The van der Waals surface area contributed by atoms with E-state index in [9.17, 15) is 4.79 Å². The fourth-order valence-corrected chi connectivity index (χ4v) is 1.22. The molecule has 0 bridgehead atoms. The molecule has 15 heavy (non-hydrogen) atoms. The molecule has 0 unspecified atom stereocenters. The Morgan fingerprint density at radius 1 is 1.47 bits per heavy atom. The van der Waals surface area contributed by atoms with E-state index < -0.39 is 0 Å². The maximum Gasteiger partial charge on any atom is 0.234 e. The van der Waals surface area contributed by atoms with Crippen molar-refractivity contribution in [3.8, 4) is 0 Å². The quantitative estimate of drug-likeness (QED) is 0.635. The highest BCUT2D eigenvalue weighted by atomic mass is 16.1. The number of hydrogen-bond acceptors (Lipinski definition) is 3. The van der Waals surface area contributed by atoms with Gasteiger partial charge in [-0.2, -0.15) is 0 Å². The Morgan fingerprint density at radius 2 is 2.13 bits per heavy atom. The van der Waals surface area contributed by atoms with Crippen LogP contribution in [0, 0.1) is 0 Å². The SMILES string of the molecule is CC(C)N(C)CCNC(=O)CNC1CC1. The monoisotopic (exact) mass is 213 g/mol. The van der Waals surface area contributed by atoms with Gasteiger partial charge in [-0.3, -0.25) is 4.79 Å². The summed E-state index contributed by atoms with van der Waals surface area (Å²) in [5.74, 6) is 0.110. The molecule has 88 valence electrons. The van der Waals surface area contributed by atoms with Crippen LogP contribution in [0.25, 0.3) is 0 Å². The highest BCUT2D eigenvalue weighted by Gasteiger charge is 2.20. The topological polar surface area (TPSA) is 44.4 Å². The normalized spacial score (nSPS) is 16.1. The number of nitrogens with one attached hydrogen (secondary N) is 2. The van der Waals surface area contributed by atoms with Gasteiger partial charge in [0.15, 0.2) is 0 Å². The van der Waals surface area contributed by atoms with Crippen molar-refractivity contribution in [3.05, 3.63) is 0 Å². The predicted molar refractivity (Wildman–Crippen MR) is 61.8 cm³/mol. The van der Waals surface area contributed by atoms with E-state index >= 15 is 0 Å².